The predicted molar refractivity (Wildman–Crippen MR) is 59.5 cm³/mol. The Balaban J connectivity index is 2.02. The fourth-order valence-corrected chi connectivity index (χ4v) is 2.63. The maximum atomic E-state index is 11.8. The summed E-state index contributed by atoms with van der Waals surface area (Å²) < 4.78 is 0. The molecule has 15 heavy (non-hydrogen) atoms. The summed E-state index contributed by atoms with van der Waals surface area (Å²) in [5.74, 6) is 0.270. The third-order valence-electron chi connectivity index (χ3n) is 3.47. The average molecular weight is 211 g/mol. The summed E-state index contributed by atoms with van der Waals surface area (Å²) in [4.78, 5) is 16.3. The molecule has 0 radical (unpaired) electrons. The van der Waals surface area contributed by atoms with Gasteiger partial charge in [-0.05, 0) is 25.8 Å². The number of nitrogens with zero attached hydrogens (tertiary/aromatic N) is 2. The van der Waals surface area contributed by atoms with Gasteiger partial charge in [-0.3, -0.25) is 9.69 Å². The minimum atomic E-state index is 0.270. The maximum absolute atomic E-state index is 11.8. The van der Waals surface area contributed by atoms with Gasteiger partial charge in [-0.2, -0.15) is 0 Å². The topological polar surface area (TPSA) is 35.6 Å². The summed E-state index contributed by atoms with van der Waals surface area (Å²) in [6, 6.07) is 0. The summed E-state index contributed by atoms with van der Waals surface area (Å²) in [7, 11) is 0. The molecular weight excluding hydrogens is 190 g/mol. The zero-order valence-corrected chi connectivity index (χ0v) is 9.54. The zero-order chi connectivity index (χ0) is 10.7. The second kappa shape index (κ2) is 4.94. The molecule has 1 atom stereocenters. The Morgan fingerprint density at radius 3 is 3.00 bits per heavy atom. The van der Waals surface area contributed by atoms with Crippen LogP contribution in [-0.2, 0) is 4.79 Å². The van der Waals surface area contributed by atoms with Gasteiger partial charge in [-0.1, -0.05) is 6.92 Å². The summed E-state index contributed by atoms with van der Waals surface area (Å²) in [5.41, 5.74) is 0. The molecule has 86 valence electrons. The van der Waals surface area contributed by atoms with E-state index in [1.54, 1.807) is 0 Å². The van der Waals surface area contributed by atoms with Gasteiger partial charge in [0, 0.05) is 19.6 Å². The molecule has 1 unspecified atom stereocenters. The largest absolute Gasteiger partial charge is 0.325 e. The minimum Gasteiger partial charge on any atom is -0.325 e. The van der Waals surface area contributed by atoms with Crippen LogP contribution in [0.2, 0.25) is 0 Å². The van der Waals surface area contributed by atoms with Gasteiger partial charge in [0.2, 0.25) is 5.91 Å². The first-order valence-corrected chi connectivity index (χ1v) is 6.07. The number of carbonyl (C=O) groups excluding carboxylic acids is 1. The van der Waals surface area contributed by atoms with Crippen LogP contribution in [0.5, 0.6) is 0 Å². The lowest BCUT2D eigenvalue weighted by Gasteiger charge is -2.43. The quantitative estimate of drug-likeness (QED) is 0.711. The van der Waals surface area contributed by atoms with Crippen molar-refractivity contribution in [3.05, 3.63) is 0 Å². The van der Waals surface area contributed by atoms with E-state index in [9.17, 15) is 4.79 Å². The van der Waals surface area contributed by atoms with E-state index >= 15 is 0 Å². The predicted octanol–water partition coefficient (Wildman–Crippen LogP) is 0.250. The molecule has 2 aliphatic heterocycles. The smallest absolute Gasteiger partial charge is 0.237 e. The maximum Gasteiger partial charge on any atom is 0.237 e. The third-order valence-corrected chi connectivity index (χ3v) is 3.47. The van der Waals surface area contributed by atoms with Gasteiger partial charge in [0.05, 0.1) is 12.7 Å². The van der Waals surface area contributed by atoms with Gasteiger partial charge in [0.15, 0.2) is 0 Å². The van der Waals surface area contributed by atoms with Crippen LogP contribution >= 0.6 is 0 Å². The number of piperidine rings is 1. The molecule has 0 aromatic heterocycles. The monoisotopic (exact) mass is 211 g/mol. The Labute approximate surface area is 91.6 Å². The lowest BCUT2D eigenvalue weighted by molar-refractivity contribution is -0.140. The summed E-state index contributed by atoms with van der Waals surface area (Å²) in [6.07, 6.45) is 4.07. The molecule has 2 fully saturated rings. The summed E-state index contributed by atoms with van der Waals surface area (Å²) in [5, 5.41) is 3.13. The van der Waals surface area contributed by atoms with Gasteiger partial charge in [0.1, 0.15) is 0 Å². The highest BCUT2D eigenvalue weighted by Gasteiger charge is 2.31. The van der Waals surface area contributed by atoms with Crippen LogP contribution in [0.1, 0.15) is 26.2 Å². The molecule has 0 spiro atoms. The van der Waals surface area contributed by atoms with Crippen molar-refractivity contribution in [2.45, 2.75) is 32.4 Å². The van der Waals surface area contributed by atoms with Crippen molar-refractivity contribution >= 4 is 5.91 Å². The lowest BCUT2D eigenvalue weighted by Crippen LogP contribution is -2.59. The molecule has 2 saturated heterocycles. The SMILES string of the molecule is CCN1CCCCC1N1CCNCC1=O. The number of rotatable bonds is 2. The first-order chi connectivity index (χ1) is 7.33. The Morgan fingerprint density at radius 1 is 1.40 bits per heavy atom. The highest BCUT2D eigenvalue weighted by atomic mass is 16.2. The van der Waals surface area contributed by atoms with Crippen LogP contribution in [0.15, 0.2) is 0 Å². The van der Waals surface area contributed by atoms with E-state index < -0.39 is 0 Å². The van der Waals surface area contributed by atoms with Crippen molar-refractivity contribution in [2.75, 3.05) is 32.7 Å². The zero-order valence-electron chi connectivity index (χ0n) is 9.54. The van der Waals surface area contributed by atoms with Crippen molar-refractivity contribution in [1.29, 1.82) is 0 Å². The molecule has 0 aromatic rings. The highest BCUT2D eigenvalue weighted by Crippen LogP contribution is 2.20. The molecular formula is C11H21N3O. The first kappa shape index (κ1) is 10.9. The first-order valence-electron chi connectivity index (χ1n) is 6.07. The number of carbonyl (C=O) groups is 1. The van der Waals surface area contributed by atoms with Crippen LogP contribution in [-0.4, -0.2) is 54.6 Å². The average Bonchev–Trinajstić information content (AvgIpc) is 2.30. The second-order valence-corrected chi connectivity index (χ2v) is 4.37. The molecule has 2 rings (SSSR count). The van der Waals surface area contributed by atoms with Gasteiger partial charge in [0.25, 0.3) is 0 Å². The number of amides is 1. The Kier molecular flexibility index (Phi) is 3.59. The van der Waals surface area contributed by atoms with Crippen LogP contribution in [0, 0.1) is 0 Å². The van der Waals surface area contributed by atoms with E-state index in [0.29, 0.717) is 12.7 Å². The van der Waals surface area contributed by atoms with Crippen LogP contribution in [0.25, 0.3) is 0 Å². The number of hydrogen-bond acceptors (Lipinski definition) is 3. The molecule has 1 N–H and O–H groups in total. The van der Waals surface area contributed by atoms with Crippen molar-refractivity contribution in [3.8, 4) is 0 Å². The highest BCUT2D eigenvalue weighted by molar-refractivity contribution is 5.79. The van der Waals surface area contributed by atoms with E-state index in [1.807, 2.05) is 0 Å². The summed E-state index contributed by atoms with van der Waals surface area (Å²) >= 11 is 0. The van der Waals surface area contributed by atoms with Crippen LogP contribution < -0.4 is 5.32 Å². The number of likely N-dealkylation sites (tertiary alicyclic amines) is 1. The number of piperazine rings is 1. The summed E-state index contributed by atoms with van der Waals surface area (Å²) in [6.45, 7) is 6.74. The van der Waals surface area contributed by atoms with Gasteiger partial charge < -0.3 is 10.2 Å². The van der Waals surface area contributed by atoms with E-state index in [-0.39, 0.29) is 5.91 Å². The van der Waals surface area contributed by atoms with E-state index in [1.165, 1.54) is 12.8 Å². The number of nitrogens with one attached hydrogen (secondary N) is 1. The molecule has 0 aromatic carbocycles. The Bertz CT molecular complexity index is 232. The van der Waals surface area contributed by atoms with Crippen molar-refractivity contribution in [3.63, 3.8) is 0 Å². The normalized spacial score (nSPS) is 29.5. The van der Waals surface area contributed by atoms with E-state index in [4.69, 9.17) is 0 Å². The van der Waals surface area contributed by atoms with Crippen molar-refractivity contribution < 1.29 is 4.79 Å². The molecule has 0 aliphatic carbocycles. The van der Waals surface area contributed by atoms with E-state index in [0.717, 1.165) is 32.6 Å². The molecule has 2 aliphatic rings. The second-order valence-electron chi connectivity index (χ2n) is 4.37. The van der Waals surface area contributed by atoms with E-state index in [2.05, 4.69) is 22.0 Å². The van der Waals surface area contributed by atoms with Crippen LogP contribution in [0.4, 0.5) is 0 Å². The van der Waals surface area contributed by atoms with Gasteiger partial charge in [-0.25, -0.2) is 0 Å². The molecule has 2 heterocycles. The fourth-order valence-electron chi connectivity index (χ4n) is 2.63. The van der Waals surface area contributed by atoms with Gasteiger partial charge in [-0.15, -0.1) is 0 Å². The lowest BCUT2D eigenvalue weighted by atomic mass is 10.1. The fraction of sp³-hybridized carbons (Fsp3) is 0.909. The minimum absolute atomic E-state index is 0.270. The third kappa shape index (κ3) is 2.32. The van der Waals surface area contributed by atoms with Crippen molar-refractivity contribution in [2.24, 2.45) is 0 Å². The Hall–Kier alpha value is -0.610. The molecule has 0 saturated carbocycles. The van der Waals surface area contributed by atoms with Gasteiger partial charge >= 0.3 is 0 Å². The van der Waals surface area contributed by atoms with Crippen LogP contribution in [0.3, 0.4) is 0 Å². The molecule has 0 bridgehead atoms. The molecule has 4 nitrogen and oxygen atoms in total. The standard InChI is InChI=1S/C11H21N3O/c1-2-13-7-4-3-5-10(13)14-8-6-12-9-11(14)15/h10,12H,2-9H2,1H3. The molecule has 1 amide bonds. The molecule has 4 heteroatoms. The number of hydrogen-bond donors (Lipinski definition) is 1. The Morgan fingerprint density at radius 2 is 2.27 bits per heavy atom. The van der Waals surface area contributed by atoms with Crippen molar-refractivity contribution in [1.82, 2.24) is 15.1 Å².